The Labute approximate surface area is 242 Å². The summed E-state index contributed by atoms with van der Waals surface area (Å²) in [5.41, 5.74) is -0.510. The Kier molecular flexibility index (Phi) is 10.6. The van der Waals surface area contributed by atoms with Crippen molar-refractivity contribution in [2.45, 2.75) is 24.4 Å². The fourth-order valence-electron chi connectivity index (χ4n) is 3.42. The van der Waals surface area contributed by atoms with E-state index in [2.05, 4.69) is 0 Å². The van der Waals surface area contributed by atoms with Crippen LogP contribution in [-0.4, -0.2) is 81.5 Å². The average molecular weight is 594 g/mol. The van der Waals surface area contributed by atoms with E-state index in [1.165, 1.54) is 84.9 Å². The molecule has 3 aromatic rings. The van der Waals surface area contributed by atoms with E-state index in [1.807, 2.05) is 0 Å². The van der Waals surface area contributed by atoms with Crippen LogP contribution in [0.1, 0.15) is 31.1 Å². The fraction of sp³-hybridized carbons (Fsp3) is 0.138. The summed E-state index contributed by atoms with van der Waals surface area (Å²) < 4.78 is 19.5. The molecular weight excluding hydrogens is 572 g/mol. The first-order valence-corrected chi connectivity index (χ1v) is 12.2. The summed E-state index contributed by atoms with van der Waals surface area (Å²) in [5.74, 6) is -12.0. The molecule has 0 radical (unpaired) electrons. The molecule has 4 atom stereocenters. The second-order valence-electron chi connectivity index (χ2n) is 8.45. The number of benzene rings is 3. The van der Waals surface area contributed by atoms with Gasteiger partial charge < -0.3 is 34.3 Å². The van der Waals surface area contributed by atoms with E-state index in [0.29, 0.717) is 0 Å². The molecule has 14 heteroatoms. The van der Waals surface area contributed by atoms with Crippen LogP contribution in [0.3, 0.4) is 0 Å². The maximum absolute atomic E-state index is 13.2. The molecule has 0 aromatic heterocycles. The highest BCUT2D eigenvalue weighted by molar-refractivity contribution is 5.97. The molecule has 3 aromatic carbocycles. The van der Waals surface area contributed by atoms with Gasteiger partial charge in [-0.2, -0.15) is 0 Å². The Morgan fingerprint density at radius 2 is 0.651 bits per heavy atom. The number of hydrogen-bond acceptors (Lipinski definition) is 11. The summed E-state index contributed by atoms with van der Waals surface area (Å²) in [6.45, 7) is 0. The Bertz CT molecular complexity index is 1490. The quantitative estimate of drug-likeness (QED) is 0.190. The van der Waals surface area contributed by atoms with Gasteiger partial charge in [-0.3, -0.25) is 0 Å². The van der Waals surface area contributed by atoms with Crippen LogP contribution in [-0.2, 0) is 38.1 Å². The number of carbonyl (C=O) groups excluding carboxylic acids is 4. The van der Waals surface area contributed by atoms with Gasteiger partial charge in [-0.1, -0.05) is 54.6 Å². The van der Waals surface area contributed by atoms with Gasteiger partial charge in [0.1, 0.15) is 0 Å². The van der Waals surface area contributed by atoms with Gasteiger partial charge in [0, 0.05) is 0 Å². The van der Waals surface area contributed by atoms with Crippen molar-refractivity contribution in [2.24, 2.45) is 0 Å². The number of hydrogen-bond donors (Lipinski definition) is 3. The van der Waals surface area contributed by atoms with Gasteiger partial charge in [0.05, 0.1) is 16.7 Å². The van der Waals surface area contributed by atoms with Crippen molar-refractivity contribution in [1.82, 2.24) is 0 Å². The van der Waals surface area contributed by atoms with E-state index in [0.717, 1.165) is 0 Å². The largest absolute Gasteiger partial charge is 0.478 e. The van der Waals surface area contributed by atoms with E-state index in [1.54, 1.807) is 6.07 Å². The molecule has 0 fully saturated rings. The number of carboxylic acid groups (broad SMARTS) is 3. The number of carbonyl (C=O) groups is 7. The molecule has 0 aliphatic heterocycles. The number of esters is 4. The molecule has 0 aliphatic rings. The van der Waals surface area contributed by atoms with Crippen LogP contribution in [0.5, 0.6) is 0 Å². The molecule has 0 amide bonds. The second kappa shape index (κ2) is 14.5. The van der Waals surface area contributed by atoms with Crippen LogP contribution in [0.25, 0.3) is 0 Å². The van der Waals surface area contributed by atoms with E-state index in [9.17, 15) is 48.9 Å². The van der Waals surface area contributed by atoms with E-state index in [-0.39, 0.29) is 16.7 Å². The summed E-state index contributed by atoms with van der Waals surface area (Å²) in [4.78, 5) is 87.1. The molecule has 0 aliphatic carbocycles. The van der Waals surface area contributed by atoms with E-state index < -0.39 is 66.2 Å². The average Bonchev–Trinajstić information content (AvgIpc) is 3.01. The lowest BCUT2D eigenvalue weighted by Gasteiger charge is -2.26. The zero-order chi connectivity index (χ0) is 31.5. The highest BCUT2D eigenvalue weighted by Gasteiger charge is 2.47. The topological polar surface area (TPSA) is 217 Å². The first-order chi connectivity index (χ1) is 20.5. The third-order valence-corrected chi connectivity index (χ3v) is 5.49. The van der Waals surface area contributed by atoms with Gasteiger partial charge in [-0.05, 0) is 36.4 Å². The zero-order valence-corrected chi connectivity index (χ0v) is 21.8. The van der Waals surface area contributed by atoms with Gasteiger partial charge in [0.25, 0.3) is 0 Å². The summed E-state index contributed by atoms with van der Waals surface area (Å²) in [7, 11) is 0. The lowest BCUT2D eigenvalue weighted by Crippen LogP contribution is -2.51. The van der Waals surface area contributed by atoms with Crippen LogP contribution in [0, 0.1) is 0 Å². The minimum Gasteiger partial charge on any atom is -0.478 e. The third-order valence-electron chi connectivity index (χ3n) is 5.49. The summed E-state index contributed by atoms with van der Waals surface area (Å²) in [6, 6.07) is 20.6. The van der Waals surface area contributed by atoms with Gasteiger partial charge in [-0.15, -0.1) is 0 Å². The van der Waals surface area contributed by atoms with Crippen molar-refractivity contribution in [1.29, 1.82) is 0 Å². The molecule has 43 heavy (non-hydrogen) atoms. The van der Waals surface area contributed by atoms with Crippen LogP contribution >= 0.6 is 0 Å². The predicted octanol–water partition coefficient (Wildman–Crippen LogP) is 1.83. The van der Waals surface area contributed by atoms with Crippen molar-refractivity contribution in [2.75, 3.05) is 0 Å². The molecular formula is C29H22O14. The van der Waals surface area contributed by atoms with E-state index >= 15 is 0 Å². The normalized spacial score (nSPS) is 13.2. The zero-order valence-electron chi connectivity index (χ0n) is 21.8. The molecule has 0 heterocycles. The number of ether oxygens (including phenoxy) is 4. The van der Waals surface area contributed by atoms with Crippen molar-refractivity contribution in [3.05, 3.63) is 108 Å². The predicted molar refractivity (Wildman–Crippen MR) is 140 cm³/mol. The van der Waals surface area contributed by atoms with E-state index in [4.69, 9.17) is 18.9 Å². The third kappa shape index (κ3) is 8.47. The van der Waals surface area contributed by atoms with Gasteiger partial charge in [0.15, 0.2) is 0 Å². The first-order valence-electron chi connectivity index (χ1n) is 12.2. The van der Waals surface area contributed by atoms with Crippen LogP contribution in [0.2, 0.25) is 0 Å². The molecule has 222 valence electrons. The van der Waals surface area contributed by atoms with Crippen molar-refractivity contribution < 1.29 is 67.8 Å². The molecule has 0 saturated heterocycles. The number of rotatable bonds is 13. The lowest BCUT2D eigenvalue weighted by atomic mass is 10.1. The lowest BCUT2D eigenvalue weighted by molar-refractivity contribution is -0.188. The smallest absolute Gasteiger partial charge is 0.353 e. The maximum Gasteiger partial charge on any atom is 0.353 e. The molecule has 0 saturated carbocycles. The van der Waals surface area contributed by atoms with Crippen molar-refractivity contribution in [3.8, 4) is 0 Å². The minimum atomic E-state index is -2.77. The fourth-order valence-corrected chi connectivity index (χ4v) is 3.42. The maximum atomic E-state index is 13.2. The summed E-state index contributed by atoms with van der Waals surface area (Å²) >= 11 is 0. The molecule has 0 unspecified atom stereocenters. The highest BCUT2D eigenvalue weighted by atomic mass is 16.6. The summed E-state index contributed by atoms with van der Waals surface area (Å²) in [6.07, 6.45) is -10.7. The number of aliphatic carboxylic acids is 3. The second-order valence-corrected chi connectivity index (χ2v) is 8.45. The highest BCUT2D eigenvalue weighted by Crippen LogP contribution is 2.18. The van der Waals surface area contributed by atoms with Crippen LogP contribution < -0.4 is 0 Å². The minimum absolute atomic E-state index is 0.155. The van der Waals surface area contributed by atoms with Gasteiger partial charge in [-0.25, -0.2) is 33.6 Å². The molecule has 0 bridgehead atoms. The monoisotopic (exact) mass is 594 g/mol. The van der Waals surface area contributed by atoms with Crippen LogP contribution in [0.4, 0.5) is 0 Å². The molecule has 3 rings (SSSR count). The van der Waals surface area contributed by atoms with Crippen molar-refractivity contribution in [3.63, 3.8) is 0 Å². The molecule has 14 nitrogen and oxygen atoms in total. The van der Waals surface area contributed by atoms with Gasteiger partial charge in [0.2, 0.25) is 24.4 Å². The van der Waals surface area contributed by atoms with Crippen LogP contribution in [0.15, 0.2) is 91.0 Å². The first kappa shape index (κ1) is 31.5. The van der Waals surface area contributed by atoms with Gasteiger partial charge >= 0.3 is 41.8 Å². The molecule has 0 spiro atoms. The SMILES string of the molecule is O=C(O[C@H](C(=O)O)[C@H](OC(=O)[C@@H](OC(=O)c1ccccc1)[C@H](OC(=O)c1ccccc1)C(=O)O)C(=O)O)c1ccccc1. The Balaban J connectivity index is 1.95. The Hall–Kier alpha value is -6.05. The Morgan fingerprint density at radius 3 is 0.953 bits per heavy atom. The van der Waals surface area contributed by atoms with Crippen molar-refractivity contribution >= 4 is 41.8 Å². The Morgan fingerprint density at radius 1 is 0.395 bits per heavy atom. The summed E-state index contributed by atoms with van der Waals surface area (Å²) in [5, 5.41) is 29.1. The molecule has 3 N–H and O–H groups in total. The number of carboxylic acids is 3. The standard InChI is InChI=1S/C29H22O14/c30-23(31)19(40-26(36)16-10-4-1-5-11-16)20(24(32)33)42-29(39)22(43-28(38)18-14-8-3-9-15-18)21(25(34)35)41-27(37)17-12-6-2-7-13-17/h1-15,19-22H,(H,30,31)(H,32,33)(H,34,35)/t19-,20-,21-,22-/m0/s1.